The quantitative estimate of drug-likeness (QED) is 0.844. The second kappa shape index (κ2) is 8.63. The van der Waals surface area contributed by atoms with E-state index in [-0.39, 0.29) is 18.9 Å². The molecule has 0 aliphatic heterocycles. The molecule has 0 spiro atoms. The molecular formula is C16H23ClN2O3. The van der Waals surface area contributed by atoms with Gasteiger partial charge < -0.3 is 15.4 Å². The van der Waals surface area contributed by atoms with Crippen molar-refractivity contribution in [2.75, 3.05) is 13.1 Å². The Labute approximate surface area is 136 Å². The van der Waals surface area contributed by atoms with E-state index < -0.39 is 11.7 Å². The summed E-state index contributed by atoms with van der Waals surface area (Å²) in [6, 6.07) is 7.50. The van der Waals surface area contributed by atoms with E-state index in [0.29, 0.717) is 11.6 Å². The normalized spacial score (nSPS) is 10.9. The molecule has 0 bridgehead atoms. The summed E-state index contributed by atoms with van der Waals surface area (Å²) in [4.78, 5) is 23.0. The summed E-state index contributed by atoms with van der Waals surface area (Å²) in [5.74, 6) is -0.106. The average Bonchev–Trinajstić information content (AvgIpc) is 2.39. The van der Waals surface area contributed by atoms with Gasteiger partial charge in [0.1, 0.15) is 5.60 Å². The van der Waals surface area contributed by atoms with Crippen LogP contribution in [0.3, 0.4) is 0 Å². The van der Waals surface area contributed by atoms with Crippen LogP contribution in [0, 0.1) is 0 Å². The number of carbonyl (C=O) groups excluding carboxylic acids is 2. The minimum Gasteiger partial charge on any atom is -0.444 e. The SMILES string of the molecule is CC(C)(C)OC(=O)NCCC(=O)NCCc1ccc(Cl)cc1. The number of carbonyl (C=O) groups is 2. The summed E-state index contributed by atoms with van der Waals surface area (Å²) in [5.41, 5.74) is 0.571. The fourth-order valence-electron chi connectivity index (χ4n) is 1.68. The van der Waals surface area contributed by atoms with Crippen molar-refractivity contribution in [3.05, 3.63) is 34.9 Å². The molecule has 22 heavy (non-hydrogen) atoms. The van der Waals surface area contributed by atoms with Crippen LogP contribution in [0.4, 0.5) is 4.79 Å². The highest BCUT2D eigenvalue weighted by Gasteiger charge is 2.15. The number of rotatable bonds is 6. The van der Waals surface area contributed by atoms with Crippen LogP contribution >= 0.6 is 11.6 Å². The molecule has 0 saturated heterocycles. The summed E-state index contributed by atoms with van der Waals surface area (Å²) in [6.45, 7) is 6.16. The highest BCUT2D eigenvalue weighted by molar-refractivity contribution is 6.30. The number of halogens is 1. The molecule has 5 nitrogen and oxygen atoms in total. The zero-order valence-electron chi connectivity index (χ0n) is 13.2. The van der Waals surface area contributed by atoms with E-state index in [4.69, 9.17) is 16.3 Å². The van der Waals surface area contributed by atoms with Crippen LogP contribution in [0.1, 0.15) is 32.8 Å². The number of hydrogen-bond acceptors (Lipinski definition) is 3. The van der Waals surface area contributed by atoms with Crippen LogP contribution in [0.15, 0.2) is 24.3 Å². The van der Waals surface area contributed by atoms with Crippen LogP contribution in [-0.2, 0) is 16.0 Å². The monoisotopic (exact) mass is 326 g/mol. The van der Waals surface area contributed by atoms with Gasteiger partial charge in [-0.1, -0.05) is 23.7 Å². The maximum absolute atomic E-state index is 11.6. The zero-order valence-corrected chi connectivity index (χ0v) is 14.0. The van der Waals surface area contributed by atoms with Gasteiger partial charge in [0.25, 0.3) is 0 Å². The van der Waals surface area contributed by atoms with E-state index in [1.165, 1.54) is 0 Å². The Hall–Kier alpha value is -1.75. The lowest BCUT2D eigenvalue weighted by molar-refractivity contribution is -0.120. The number of nitrogens with one attached hydrogen (secondary N) is 2. The third-order valence-electron chi connectivity index (χ3n) is 2.67. The Morgan fingerprint density at radius 1 is 1.09 bits per heavy atom. The molecule has 0 aliphatic rings. The largest absolute Gasteiger partial charge is 0.444 e. The van der Waals surface area contributed by atoms with Gasteiger partial charge in [0, 0.05) is 24.5 Å². The first kappa shape index (κ1) is 18.3. The Kier molecular flexibility index (Phi) is 7.18. The number of alkyl carbamates (subject to hydrolysis) is 1. The second-order valence-corrected chi connectivity index (χ2v) is 6.34. The Balaban J connectivity index is 2.13. The zero-order chi connectivity index (χ0) is 16.6. The van der Waals surface area contributed by atoms with Crippen molar-refractivity contribution >= 4 is 23.6 Å². The highest BCUT2D eigenvalue weighted by atomic mass is 35.5. The van der Waals surface area contributed by atoms with Crippen LogP contribution in [0.25, 0.3) is 0 Å². The minimum atomic E-state index is -0.537. The van der Waals surface area contributed by atoms with Crippen molar-refractivity contribution in [2.45, 2.75) is 39.2 Å². The molecule has 0 heterocycles. The Bertz CT molecular complexity index is 495. The molecule has 0 atom stereocenters. The van der Waals surface area contributed by atoms with Gasteiger partial charge in [-0.3, -0.25) is 4.79 Å². The van der Waals surface area contributed by atoms with Gasteiger partial charge >= 0.3 is 6.09 Å². The van der Waals surface area contributed by atoms with Gasteiger partial charge in [0.05, 0.1) is 0 Å². The molecule has 2 N–H and O–H groups in total. The molecule has 122 valence electrons. The van der Waals surface area contributed by atoms with Crippen molar-refractivity contribution in [2.24, 2.45) is 0 Å². The molecule has 0 aromatic heterocycles. The summed E-state index contributed by atoms with van der Waals surface area (Å²) in [7, 11) is 0. The summed E-state index contributed by atoms with van der Waals surface area (Å²) < 4.78 is 5.08. The van der Waals surface area contributed by atoms with Gasteiger partial charge in [-0.15, -0.1) is 0 Å². The molecule has 0 aliphatic carbocycles. The lowest BCUT2D eigenvalue weighted by Crippen LogP contribution is -2.35. The molecule has 1 rings (SSSR count). The van der Waals surface area contributed by atoms with Gasteiger partial charge in [-0.2, -0.15) is 0 Å². The first-order valence-corrected chi connectivity index (χ1v) is 7.62. The molecule has 0 saturated carbocycles. The first-order valence-electron chi connectivity index (χ1n) is 7.24. The predicted molar refractivity (Wildman–Crippen MR) is 87.0 cm³/mol. The van der Waals surface area contributed by atoms with Crippen molar-refractivity contribution < 1.29 is 14.3 Å². The maximum atomic E-state index is 11.6. The average molecular weight is 327 g/mol. The second-order valence-electron chi connectivity index (χ2n) is 5.91. The van der Waals surface area contributed by atoms with Crippen LogP contribution in [0.5, 0.6) is 0 Å². The van der Waals surface area contributed by atoms with Gasteiger partial charge in [-0.05, 0) is 44.9 Å². The smallest absolute Gasteiger partial charge is 0.407 e. The lowest BCUT2D eigenvalue weighted by Gasteiger charge is -2.19. The Morgan fingerprint density at radius 2 is 1.73 bits per heavy atom. The molecule has 1 aromatic rings. The molecule has 0 radical (unpaired) electrons. The topological polar surface area (TPSA) is 67.4 Å². The van der Waals surface area contributed by atoms with Crippen molar-refractivity contribution in [3.8, 4) is 0 Å². The molecule has 2 amide bonds. The van der Waals surface area contributed by atoms with Gasteiger partial charge in [0.15, 0.2) is 0 Å². The maximum Gasteiger partial charge on any atom is 0.407 e. The molecule has 1 aromatic carbocycles. The summed E-state index contributed by atoms with van der Waals surface area (Å²) in [6.07, 6.45) is 0.448. The standard InChI is InChI=1S/C16H23ClN2O3/c1-16(2,3)22-15(21)19-11-9-14(20)18-10-8-12-4-6-13(17)7-5-12/h4-7H,8-11H2,1-3H3,(H,18,20)(H,19,21). The fourth-order valence-corrected chi connectivity index (χ4v) is 1.80. The van der Waals surface area contributed by atoms with E-state index in [9.17, 15) is 9.59 Å². The van der Waals surface area contributed by atoms with Gasteiger partial charge in [-0.25, -0.2) is 4.79 Å². The summed E-state index contributed by atoms with van der Waals surface area (Å²) in [5, 5.41) is 6.05. The Morgan fingerprint density at radius 3 is 2.32 bits per heavy atom. The third-order valence-corrected chi connectivity index (χ3v) is 2.92. The number of benzene rings is 1. The predicted octanol–water partition coefficient (Wildman–Crippen LogP) is 2.91. The van der Waals surface area contributed by atoms with Crippen LogP contribution < -0.4 is 10.6 Å². The number of ether oxygens (including phenoxy) is 1. The van der Waals surface area contributed by atoms with Crippen molar-refractivity contribution in [3.63, 3.8) is 0 Å². The van der Waals surface area contributed by atoms with E-state index in [1.54, 1.807) is 20.8 Å². The van der Waals surface area contributed by atoms with Crippen molar-refractivity contribution in [1.29, 1.82) is 0 Å². The first-order chi connectivity index (χ1) is 10.3. The van der Waals surface area contributed by atoms with E-state index in [2.05, 4.69) is 10.6 Å². The molecule has 6 heteroatoms. The van der Waals surface area contributed by atoms with E-state index in [0.717, 1.165) is 12.0 Å². The van der Waals surface area contributed by atoms with E-state index in [1.807, 2.05) is 24.3 Å². The van der Waals surface area contributed by atoms with Gasteiger partial charge in [0.2, 0.25) is 5.91 Å². The third kappa shape index (κ3) is 8.52. The van der Waals surface area contributed by atoms with Crippen molar-refractivity contribution in [1.82, 2.24) is 10.6 Å². The molecule has 0 unspecified atom stereocenters. The number of amides is 2. The fraction of sp³-hybridized carbons (Fsp3) is 0.500. The summed E-state index contributed by atoms with van der Waals surface area (Å²) >= 11 is 5.80. The van der Waals surface area contributed by atoms with Crippen LogP contribution in [0.2, 0.25) is 5.02 Å². The molecular weight excluding hydrogens is 304 g/mol. The lowest BCUT2D eigenvalue weighted by atomic mass is 10.1. The highest BCUT2D eigenvalue weighted by Crippen LogP contribution is 2.09. The minimum absolute atomic E-state index is 0.106. The number of hydrogen-bond donors (Lipinski definition) is 2. The van der Waals surface area contributed by atoms with E-state index >= 15 is 0 Å². The van der Waals surface area contributed by atoms with Crippen LogP contribution in [-0.4, -0.2) is 30.7 Å². The molecule has 0 fully saturated rings.